The van der Waals surface area contributed by atoms with Crippen LogP contribution in [0.1, 0.15) is 39.0 Å². The molecule has 0 radical (unpaired) electrons. The quantitative estimate of drug-likeness (QED) is 0.338. The lowest BCUT2D eigenvalue weighted by atomic mass is 9.97. The van der Waals surface area contributed by atoms with E-state index in [1.54, 1.807) is 0 Å². The van der Waals surface area contributed by atoms with Crippen molar-refractivity contribution in [1.29, 1.82) is 0 Å². The minimum atomic E-state index is -4.81. The van der Waals surface area contributed by atoms with E-state index in [2.05, 4.69) is 26.9 Å². The number of piperidine rings is 2. The molecule has 13 heteroatoms. The summed E-state index contributed by atoms with van der Waals surface area (Å²) in [6.07, 6.45) is 4.14. The van der Waals surface area contributed by atoms with Crippen LogP contribution in [0.2, 0.25) is 0 Å². The molecule has 4 heterocycles. The highest BCUT2D eigenvalue weighted by Gasteiger charge is 2.49. The maximum absolute atomic E-state index is 12.6. The molecular weight excluding hydrogens is 430 g/mol. The van der Waals surface area contributed by atoms with Crippen molar-refractivity contribution in [2.45, 2.75) is 63.2 Å². The molecule has 4 aliphatic rings. The van der Waals surface area contributed by atoms with Crippen LogP contribution in [0, 0.1) is 5.92 Å². The number of urea groups is 1. The second-order valence-corrected chi connectivity index (χ2v) is 10.0. The number of nitrogens with zero attached hydrogens (tertiary/aromatic N) is 3. The largest absolute Gasteiger partial charge is 0.418 e. The summed E-state index contributed by atoms with van der Waals surface area (Å²) in [5, 5.41) is 4.06. The van der Waals surface area contributed by atoms with Gasteiger partial charge >= 0.3 is 16.4 Å². The highest BCUT2D eigenvalue weighted by atomic mass is 32.3. The normalized spacial score (nSPS) is 32.6. The van der Waals surface area contributed by atoms with Gasteiger partial charge in [-0.15, -0.1) is 4.28 Å². The molecule has 176 valence electrons. The Labute approximate surface area is 182 Å². The Morgan fingerprint density at radius 3 is 2.68 bits per heavy atom. The zero-order chi connectivity index (χ0) is 22.2. The van der Waals surface area contributed by atoms with Crippen molar-refractivity contribution in [3.63, 3.8) is 0 Å². The number of fused-ring (bicyclic) bond motifs is 2. The van der Waals surface area contributed by atoms with E-state index in [0.717, 1.165) is 32.0 Å². The van der Waals surface area contributed by atoms with Crippen molar-refractivity contribution in [3.05, 3.63) is 0 Å². The van der Waals surface area contributed by atoms with Gasteiger partial charge in [0.2, 0.25) is 0 Å². The van der Waals surface area contributed by atoms with Gasteiger partial charge in [0.1, 0.15) is 6.04 Å². The van der Waals surface area contributed by atoms with E-state index in [1.165, 1.54) is 17.7 Å². The first kappa shape index (κ1) is 22.7. The summed E-state index contributed by atoms with van der Waals surface area (Å²) in [6, 6.07) is -1.44. The third-order valence-electron chi connectivity index (χ3n) is 6.79. The lowest BCUT2D eigenvalue weighted by molar-refractivity contribution is -0.139. The Kier molecular flexibility index (Phi) is 6.70. The van der Waals surface area contributed by atoms with Crippen molar-refractivity contribution in [2.24, 2.45) is 5.92 Å². The number of hydrogen-bond acceptors (Lipinski definition) is 8. The summed E-state index contributed by atoms with van der Waals surface area (Å²) in [7, 11) is -4.81. The van der Waals surface area contributed by atoms with Crippen molar-refractivity contribution in [2.75, 3.05) is 32.8 Å². The minimum absolute atomic E-state index is 0.146. The Morgan fingerprint density at radius 1 is 1.23 bits per heavy atom. The average molecular weight is 462 g/mol. The molecule has 3 amide bonds. The van der Waals surface area contributed by atoms with Gasteiger partial charge in [-0.1, -0.05) is 6.92 Å². The van der Waals surface area contributed by atoms with Crippen molar-refractivity contribution >= 4 is 22.3 Å². The van der Waals surface area contributed by atoms with Crippen LogP contribution in [0.5, 0.6) is 0 Å². The summed E-state index contributed by atoms with van der Waals surface area (Å²) in [4.78, 5) is 34.1. The van der Waals surface area contributed by atoms with Crippen LogP contribution in [-0.2, 0) is 24.3 Å². The molecule has 4 aliphatic heterocycles. The fourth-order valence-corrected chi connectivity index (χ4v) is 5.37. The second kappa shape index (κ2) is 9.16. The number of carbonyl (C=O) groups excluding carboxylic acids is 2. The van der Waals surface area contributed by atoms with Crippen molar-refractivity contribution in [1.82, 2.24) is 25.7 Å². The number of hydroxylamine groups is 3. The van der Waals surface area contributed by atoms with Gasteiger partial charge in [0.05, 0.1) is 12.6 Å². The summed E-state index contributed by atoms with van der Waals surface area (Å²) in [5.41, 5.74) is 2.43. The average Bonchev–Trinajstić information content (AvgIpc) is 3.27. The number of amides is 3. The molecule has 0 aromatic heterocycles. The monoisotopic (exact) mass is 461 g/mol. The topological polar surface area (TPSA) is 141 Å². The Bertz CT molecular complexity index is 788. The van der Waals surface area contributed by atoms with Crippen LogP contribution in [0.4, 0.5) is 4.79 Å². The predicted octanol–water partition coefficient (Wildman–Crippen LogP) is -0.500. The lowest BCUT2D eigenvalue weighted by Gasteiger charge is -2.34. The van der Waals surface area contributed by atoms with E-state index in [-0.39, 0.29) is 12.6 Å². The van der Waals surface area contributed by atoms with E-state index in [1.807, 2.05) is 0 Å². The zero-order valence-corrected chi connectivity index (χ0v) is 18.4. The molecule has 0 unspecified atom stereocenters. The molecule has 3 N–H and O–H groups in total. The van der Waals surface area contributed by atoms with Crippen LogP contribution in [0.3, 0.4) is 0 Å². The second-order valence-electron chi connectivity index (χ2n) is 9.00. The fraction of sp³-hybridized carbons (Fsp3) is 0.889. The van der Waals surface area contributed by atoms with E-state index in [0.29, 0.717) is 30.6 Å². The third-order valence-corrected chi connectivity index (χ3v) is 7.14. The highest BCUT2D eigenvalue weighted by Crippen LogP contribution is 2.30. The molecule has 0 aliphatic carbocycles. The highest BCUT2D eigenvalue weighted by molar-refractivity contribution is 7.80. The number of nitrogens with one attached hydrogen (secondary N) is 2. The molecule has 2 bridgehead atoms. The van der Waals surface area contributed by atoms with Gasteiger partial charge in [0.25, 0.3) is 5.91 Å². The summed E-state index contributed by atoms with van der Waals surface area (Å²) in [6.45, 7) is 5.93. The van der Waals surface area contributed by atoms with Crippen LogP contribution < -0.4 is 10.8 Å². The van der Waals surface area contributed by atoms with E-state index < -0.39 is 34.4 Å². The van der Waals surface area contributed by atoms with E-state index in [9.17, 15) is 18.0 Å². The van der Waals surface area contributed by atoms with Crippen LogP contribution in [0.25, 0.3) is 0 Å². The lowest BCUT2D eigenvalue weighted by Crippen LogP contribution is -2.50. The fourth-order valence-electron chi connectivity index (χ4n) is 4.98. The first-order chi connectivity index (χ1) is 14.7. The Balaban J connectivity index is 1.21. The molecule has 4 rings (SSSR count). The molecule has 12 nitrogen and oxygen atoms in total. The Morgan fingerprint density at radius 2 is 1.97 bits per heavy atom. The first-order valence-corrected chi connectivity index (χ1v) is 12.2. The number of hydrogen-bond donors (Lipinski definition) is 3. The maximum atomic E-state index is 12.6. The zero-order valence-electron chi connectivity index (χ0n) is 17.6. The smallest absolute Gasteiger partial charge is 0.310 e. The van der Waals surface area contributed by atoms with Crippen LogP contribution in [0.15, 0.2) is 0 Å². The van der Waals surface area contributed by atoms with Gasteiger partial charge in [0, 0.05) is 25.2 Å². The molecule has 31 heavy (non-hydrogen) atoms. The first-order valence-electron chi connectivity index (χ1n) is 10.9. The van der Waals surface area contributed by atoms with Crippen molar-refractivity contribution in [3.8, 4) is 0 Å². The van der Waals surface area contributed by atoms with Gasteiger partial charge in [-0.25, -0.2) is 10.3 Å². The summed E-state index contributed by atoms with van der Waals surface area (Å²) in [5.74, 6) is 0.337. The van der Waals surface area contributed by atoms with Crippen LogP contribution in [-0.4, -0.2) is 96.7 Å². The van der Waals surface area contributed by atoms with Gasteiger partial charge < -0.3 is 10.2 Å². The van der Waals surface area contributed by atoms with Gasteiger partial charge in [-0.3, -0.25) is 19.1 Å². The Hall–Kier alpha value is -1.51. The third kappa shape index (κ3) is 5.29. The predicted molar refractivity (Wildman–Crippen MR) is 108 cm³/mol. The van der Waals surface area contributed by atoms with Crippen LogP contribution >= 0.6 is 0 Å². The number of carbonyl (C=O) groups is 2. The maximum Gasteiger partial charge on any atom is 0.418 e. The molecule has 0 aromatic rings. The summed E-state index contributed by atoms with van der Waals surface area (Å²) < 4.78 is 35.1. The molecule has 4 atom stereocenters. The molecule has 4 fully saturated rings. The summed E-state index contributed by atoms with van der Waals surface area (Å²) >= 11 is 0. The number of rotatable bonds is 7. The molecule has 0 saturated carbocycles. The molecule has 0 aromatic carbocycles. The molecule has 0 spiro atoms. The molecular formula is C18H31N5O7S. The SMILES string of the molecule is CC1CCN([C@H]2CN[C@@H](CONC(=O)[C@@H]3CC[C@@H]4CN3C(=O)N4OS(=O)(=O)O)C2)CC1. The number of likely N-dealkylation sites (tertiary alicyclic amines) is 1. The van der Waals surface area contributed by atoms with Crippen molar-refractivity contribution < 1.29 is 31.7 Å². The minimum Gasteiger partial charge on any atom is -0.310 e. The van der Waals surface area contributed by atoms with Gasteiger partial charge in [-0.2, -0.15) is 13.5 Å². The van der Waals surface area contributed by atoms with Gasteiger partial charge in [-0.05, 0) is 51.1 Å². The molecule has 4 saturated heterocycles. The van der Waals surface area contributed by atoms with Gasteiger partial charge in [0.15, 0.2) is 0 Å². The standard InChI is InChI=1S/C18H31N5O7S/c1-12-4-6-21(7-5-12)15-8-13(19-9-15)11-29-20-17(24)16-3-2-14-10-22(16)18(25)23(14)30-31(26,27)28/h12-16,19H,2-11H2,1H3,(H,20,24)(H,26,27,28)/t13-,14-,15-,16+/m1/s1. The van der Waals surface area contributed by atoms with E-state index >= 15 is 0 Å². The van der Waals surface area contributed by atoms with E-state index in [4.69, 9.17) is 9.39 Å².